The number of carbonyl (C=O) groups excluding carboxylic acids is 1. The van der Waals surface area contributed by atoms with Gasteiger partial charge in [0.05, 0.1) is 6.61 Å². The molecule has 0 aliphatic heterocycles. The van der Waals surface area contributed by atoms with Gasteiger partial charge in [0.15, 0.2) is 23.1 Å². The van der Waals surface area contributed by atoms with Crippen molar-refractivity contribution < 1.29 is 13.6 Å². The summed E-state index contributed by atoms with van der Waals surface area (Å²) in [5.74, 6) is 0.845. The Balaban J connectivity index is 1.82. The Kier molecular flexibility index (Phi) is 7.16. The zero-order valence-electron chi connectivity index (χ0n) is 15.6. The highest BCUT2D eigenvalue weighted by Crippen LogP contribution is 2.18. The van der Waals surface area contributed by atoms with E-state index in [2.05, 4.69) is 26.2 Å². The molecule has 0 spiro atoms. The normalized spacial score (nSPS) is 11.6. The first-order chi connectivity index (χ1) is 11.9. The van der Waals surface area contributed by atoms with Crippen molar-refractivity contribution in [3.8, 4) is 5.75 Å². The fourth-order valence-corrected chi connectivity index (χ4v) is 9.42. The van der Waals surface area contributed by atoms with E-state index in [9.17, 15) is 4.79 Å². The SMILES string of the molecule is C[SiH](C)O[Si](C)(C)CCCOc1ccc(C(=O)c2ccccc2)cc1. The molecule has 0 heterocycles. The molecule has 134 valence electrons. The molecular weight excluding hydrogens is 344 g/mol. The van der Waals surface area contributed by atoms with Gasteiger partial charge in [-0.3, -0.25) is 4.79 Å². The highest BCUT2D eigenvalue weighted by atomic mass is 28.4. The van der Waals surface area contributed by atoms with Gasteiger partial charge in [-0.15, -0.1) is 0 Å². The van der Waals surface area contributed by atoms with Crippen molar-refractivity contribution in [2.75, 3.05) is 6.61 Å². The molecule has 0 radical (unpaired) electrons. The smallest absolute Gasteiger partial charge is 0.193 e. The van der Waals surface area contributed by atoms with Gasteiger partial charge in [-0.25, -0.2) is 0 Å². The highest BCUT2D eigenvalue weighted by Gasteiger charge is 2.22. The van der Waals surface area contributed by atoms with Crippen LogP contribution in [0.1, 0.15) is 22.3 Å². The molecule has 2 aromatic rings. The molecule has 2 rings (SSSR count). The van der Waals surface area contributed by atoms with Gasteiger partial charge in [0.1, 0.15) is 5.75 Å². The van der Waals surface area contributed by atoms with Crippen LogP contribution in [0.15, 0.2) is 54.6 Å². The summed E-state index contributed by atoms with van der Waals surface area (Å²) in [5.41, 5.74) is 1.39. The van der Waals surface area contributed by atoms with E-state index < -0.39 is 17.4 Å². The Labute approximate surface area is 153 Å². The quantitative estimate of drug-likeness (QED) is 0.357. The average Bonchev–Trinajstić information content (AvgIpc) is 2.58. The van der Waals surface area contributed by atoms with Crippen LogP contribution >= 0.6 is 0 Å². The van der Waals surface area contributed by atoms with E-state index in [0.29, 0.717) is 17.7 Å². The lowest BCUT2D eigenvalue weighted by molar-refractivity contribution is 0.103. The van der Waals surface area contributed by atoms with Gasteiger partial charge in [0.2, 0.25) is 0 Å². The van der Waals surface area contributed by atoms with Gasteiger partial charge < -0.3 is 8.85 Å². The van der Waals surface area contributed by atoms with Crippen LogP contribution in [0.2, 0.25) is 32.2 Å². The first-order valence-electron chi connectivity index (χ1n) is 8.88. The molecule has 5 heteroatoms. The van der Waals surface area contributed by atoms with Crippen LogP contribution in [-0.4, -0.2) is 29.7 Å². The van der Waals surface area contributed by atoms with Crippen molar-refractivity contribution in [3.63, 3.8) is 0 Å². The molecule has 0 aromatic heterocycles. The van der Waals surface area contributed by atoms with E-state index in [1.54, 1.807) is 0 Å². The van der Waals surface area contributed by atoms with Gasteiger partial charge in [0.25, 0.3) is 0 Å². The third-order valence-electron chi connectivity index (χ3n) is 3.90. The summed E-state index contributed by atoms with van der Waals surface area (Å²) >= 11 is 0. The van der Waals surface area contributed by atoms with Crippen LogP contribution in [-0.2, 0) is 4.12 Å². The molecule has 0 saturated heterocycles. The Morgan fingerprint density at radius 2 is 1.56 bits per heavy atom. The second-order valence-corrected chi connectivity index (χ2v) is 14.2. The molecule has 0 fully saturated rings. The zero-order valence-corrected chi connectivity index (χ0v) is 17.8. The van der Waals surface area contributed by atoms with Crippen LogP contribution in [0, 0.1) is 0 Å². The molecule has 0 saturated carbocycles. The number of rotatable bonds is 9. The predicted molar refractivity (Wildman–Crippen MR) is 109 cm³/mol. The molecule has 2 aromatic carbocycles. The van der Waals surface area contributed by atoms with Crippen molar-refractivity contribution in [1.82, 2.24) is 0 Å². The van der Waals surface area contributed by atoms with E-state index in [1.165, 1.54) is 0 Å². The first-order valence-corrected chi connectivity index (χ1v) is 14.8. The van der Waals surface area contributed by atoms with E-state index in [1.807, 2.05) is 54.6 Å². The van der Waals surface area contributed by atoms with Crippen LogP contribution in [0.4, 0.5) is 0 Å². The summed E-state index contributed by atoms with van der Waals surface area (Å²) in [6.45, 7) is 9.70. The van der Waals surface area contributed by atoms with Crippen LogP contribution in [0.5, 0.6) is 5.75 Å². The minimum absolute atomic E-state index is 0.0369. The lowest BCUT2D eigenvalue weighted by Crippen LogP contribution is -2.35. The summed E-state index contributed by atoms with van der Waals surface area (Å²) in [4.78, 5) is 12.4. The molecule has 0 N–H and O–H groups in total. The number of hydrogen-bond acceptors (Lipinski definition) is 3. The van der Waals surface area contributed by atoms with Gasteiger partial charge in [-0.2, -0.15) is 0 Å². The molecular formula is C20H28O3Si2. The largest absolute Gasteiger partial charge is 0.494 e. The molecule has 0 aliphatic rings. The highest BCUT2D eigenvalue weighted by molar-refractivity contribution is 6.77. The molecule has 0 aliphatic carbocycles. The van der Waals surface area contributed by atoms with Crippen molar-refractivity contribution in [3.05, 3.63) is 65.7 Å². The maximum absolute atomic E-state index is 12.4. The number of ketones is 1. The van der Waals surface area contributed by atoms with Gasteiger partial charge >= 0.3 is 0 Å². The zero-order chi connectivity index (χ0) is 18.3. The number of hydrogen-bond donors (Lipinski definition) is 0. The van der Waals surface area contributed by atoms with Crippen molar-refractivity contribution in [2.45, 2.75) is 38.7 Å². The van der Waals surface area contributed by atoms with Crippen LogP contribution in [0.3, 0.4) is 0 Å². The van der Waals surface area contributed by atoms with Gasteiger partial charge in [-0.1, -0.05) is 30.3 Å². The van der Waals surface area contributed by atoms with E-state index >= 15 is 0 Å². The van der Waals surface area contributed by atoms with E-state index in [4.69, 9.17) is 8.85 Å². The number of benzene rings is 2. The summed E-state index contributed by atoms with van der Waals surface area (Å²) in [6.07, 6.45) is 1.00. The second-order valence-electron chi connectivity index (χ2n) is 7.10. The maximum atomic E-state index is 12.4. The molecule has 0 atom stereocenters. The number of ether oxygens (including phenoxy) is 1. The monoisotopic (exact) mass is 372 g/mol. The predicted octanol–water partition coefficient (Wildman–Crippen LogP) is 4.89. The van der Waals surface area contributed by atoms with Crippen LogP contribution < -0.4 is 4.74 Å². The van der Waals surface area contributed by atoms with Crippen LogP contribution in [0.25, 0.3) is 0 Å². The fraction of sp³-hybridized carbons (Fsp3) is 0.350. The third kappa shape index (κ3) is 6.61. The molecule has 25 heavy (non-hydrogen) atoms. The summed E-state index contributed by atoms with van der Waals surface area (Å²) < 4.78 is 12.0. The third-order valence-corrected chi connectivity index (χ3v) is 9.89. The van der Waals surface area contributed by atoms with Gasteiger partial charge in [-0.05, 0) is 62.9 Å². The number of carbonyl (C=O) groups is 1. The lowest BCUT2D eigenvalue weighted by atomic mass is 10.0. The maximum Gasteiger partial charge on any atom is 0.193 e. The second kappa shape index (κ2) is 9.13. The molecule has 3 nitrogen and oxygen atoms in total. The van der Waals surface area contributed by atoms with Crippen molar-refractivity contribution in [1.29, 1.82) is 0 Å². The average molecular weight is 373 g/mol. The fourth-order valence-electron chi connectivity index (χ4n) is 2.84. The molecule has 0 unspecified atom stereocenters. The minimum Gasteiger partial charge on any atom is -0.494 e. The van der Waals surface area contributed by atoms with E-state index in [0.717, 1.165) is 18.2 Å². The molecule has 0 bridgehead atoms. The standard InChI is InChI=1S/C20H28O3Si2/c1-24(2)23-25(3,4)16-8-15-22-19-13-11-18(12-14-19)20(21)17-9-6-5-7-10-17/h5-7,9-14,24H,8,15-16H2,1-4H3. The molecule has 0 amide bonds. The summed E-state index contributed by atoms with van der Waals surface area (Å²) in [7, 11) is -2.49. The Morgan fingerprint density at radius 3 is 2.16 bits per heavy atom. The summed E-state index contributed by atoms with van der Waals surface area (Å²) in [5, 5.41) is 0. The van der Waals surface area contributed by atoms with Crippen molar-refractivity contribution in [2.24, 2.45) is 0 Å². The Morgan fingerprint density at radius 1 is 0.960 bits per heavy atom. The lowest BCUT2D eigenvalue weighted by Gasteiger charge is -2.25. The minimum atomic E-state index is -1.53. The Hall–Kier alpha value is -1.70. The summed E-state index contributed by atoms with van der Waals surface area (Å²) in [6, 6.07) is 17.8. The van der Waals surface area contributed by atoms with Crippen molar-refractivity contribution >= 4 is 23.1 Å². The Bertz CT molecular complexity index is 667. The first kappa shape index (κ1) is 19.6. The topological polar surface area (TPSA) is 35.5 Å². The van der Waals surface area contributed by atoms with Gasteiger partial charge in [0, 0.05) is 11.1 Å². The van der Waals surface area contributed by atoms with E-state index in [-0.39, 0.29) is 5.78 Å².